The molecule has 0 amide bonds. The predicted molar refractivity (Wildman–Crippen MR) is 251 cm³/mol. The molecule has 2 heterocycles. The van der Waals surface area contributed by atoms with Gasteiger partial charge in [0.15, 0.2) is 0 Å². The molecule has 292 valence electrons. The Balaban J connectivity index is 1.17. The highest BCUT2D eigenvalue weighted by Gasteiger charge is 2.36. The van der Waals surface area contributed by atoms with Crippen molar-refractivity contribution in [2.24, 2.45) is 0 Å². The molecule has 0 spiro atoms. The summed E-state index contributed by atoms with van der Waals surface area (Å²) in [5.74, 6) is 0. The van der Waals surface area contributed by atoms with Crippen LogP contribution in [0.1, 0.15) is 74.3 Å². The summed E-state index contributed by atoms with van der Waals surface area (Å²) < 4.78 is 0. The molecular formula is C57H54N2. The van der Waals surface area contributed by atoms with Crippen molar-refractivity contribution in [3.05, 3.63) is 204 Å². The number of nitrogens with zero attached hydrogens (tertiary/aromatic N) is 2. The van der Waals surface area contributed by atoms with Crippen LogP contribution in [-0.2, 0) is 11.8 Å². The van der Waals surface area contributed by atoms with Gasteiger partial charge in [-0.15, -0.1) is 0 Å². The minimum absolute atomic E-state index is 0.239. The quantitative estimate of drug-likeness (QED) is 0.117. The Morgan fingerprint density at radius 3 is 1.41 bits per heavy atom. The Labute approximate surface area is 351 Å². The van der Waals surface area contributed by atoms with Crippen LogP contribution in [0.25, 0.3) is 67.0 Å². The molecule has 0 bridgehead atoms. The summed E-state index contributed by atoms with van der Waals surface area (Å²) in [5, 5.41) is 0. The highest BCUT2D eigenvalue weighted by atomic mass is 14.7. The molecule has 2 heteroatoms. The van der Waals surface area contributed by atoms with Crippen molar-refractivity contribution in [1.82, 2.24) is 9.97 Å². The second kappa shape index (κ2) is 17.6. The van der Waals surface area contributed by atoms with E-state index in [1.807, 2.05) is 0 Å². The molecule has 8 rings (SSSR count). The summed E-state index contributed by atoms with van der Waals surface area (Å²) >= 11 is 0. The molecule has 2 nitrogen and oxygen atoms in total. The average molecular weight is 767 g/mol. The predicted octanol–water partition coefficient (Wildman–Crippen LogP) is 15.5. The number of unbranched alkanes of at least 4 members (excludes halogenated alkanes) is 1. The van der Waals surface area contributed by atoms with E-state index in [0.29, 0.717) is 0 Å². The summed E-state index contributed by atoms with van der Waals surface area (Å²) in [6.45, 7) is 11.4. The van der Waals surface area contributed by atoms with Crippen molar-refractivity contribution in [3.63, 3.8) is 0 Å². The molecule has 0 saturated heterocycles. The Hall–Kier alpha value is -6.38. The second-order valence-corrected chi connectivity index (χ2v) is 16.1. The molecule has 0 saturated carbocycles. The molecule has 0 aliphatic rings. The number of benzene rings is 6. The van der Waals surface area contributed by atoms with Crippen LogP contribution in [0.5, 0.6) is 0 Å². The number of pyridine rings is 2. The van der Waals surface area contributed by atoms with E-state index >= 15 is 0 Å². The van der Waals surface area contributed by atoms with Crippen LogP contribution in [0, 0.1) is 13.8 Å². The number of hydrogen-bond donors (Lipinski definition) is 0. The number of rotatable bonds is 13. The smallest absolute Gasteiger partial charge is 0.0702 e. The van der Waals surface area contributed by atoms with Crippen LogP contribution in [0.4, 0.5) is 0 Å². The van der Waals surface area contributed by atoms with Gasteiger partial charge in [-0.1, -0.05) is 190 Å². The van der Waals surface area contributed by atoms with E-state index in [4.69, 9.17) is 9.97 Å². The molecule has 0 unspecified atom stereocenters. The molecule has 6 aromatic carbocycles. The topological polar surface area (TPSA) is 25.8 Å². The van der Waals surface area contributed by atoms with Gasteiger partial charge in [0.05, 0.1) is 11.4 Å². The lowest BCUT2D eigenvalue weighted by molar-refractivity contribution is 0.480. The monoisotopic (exact) mass is 766 g/mol. The molecule has 2 aromatic heterocycles. The van der Waals surface area contributed by atoms with E-state index in [1.165, 1.54) is 74.0 Å². The summed E-state index contributed by atoms with van der Waals surface area (Å²) in [6.07, 6.45) is 9.59. The third-order valence-electron chi connectivity index (χ3n) is 12.2. The first-order chi connectivity index (χ1) is 28.9. The second-order valence-electron chi connectivity index (χ2n) is 16.1. The van der Waals surface area contributed by atoms with Crippen molar-refractivity contribution in [2.75, 3.05) is 0 Å². The van der Waals surface area contributed by atoms with E-state index in [0.717, 1.165) is 52.9 Å². The van der Waals surface area contributed by atoms with Crippen molar-refractivity contribution in [2.45, 2.75) is 72.1 Å². The molecule has 0 atom stereocenters. The fourth-order valence-corrected chi connectivity index (χ4v) is 8.99. The maximum absolute atomic E-state index is 5.11. The van der Waals surface area contributed by atoms with E-state index in [-0.39, 0.29) is 5.41 Å². The highest BCUT2D eigenvalue weighted by Crippen LogP contribution is 2.48. The summed E-state index contributed by atoms with van der Waals surface area (Å²) in [5.41, 5.74) is 20.2. The first kappa shape index (κ1) is 39.4. The van der Waals surface area contributed by atoms with Crippen LogP contribution in [0.3, 0.4) is 0 Å². The lowest BCUT2D eigenvalue weighted by Crippen LogP contribution is -2.28. The van der Waals surface area contributed by atoms with Crippen molar-refractivity contribution < 1.29 is 0 Å². The summed E-state index contributed by atoms with van der Waals surface area (Å²) in [6, 6.07) is 59.8. The standard InChI is InChI=1S/C57H54N2/c1-6-9-15-42-16-13-19-48(37-42)45-24-28-47(29-25-45)55-33-31-50(39-59-55)53-21-14-20-52(56(53)57(7-2,8-3)51-35-40(4)34-41(5)36-51)49-30-32-54(58-38-49)46-26-22-44(23-27-46)43-17-11-10-12-18-43/h10-14,16-39H,6-9,15H2,1-5H3. The average Bonchev–Trinajstić information content (AvgIpc) is 3.29. The zero-order chi connectivity index (χ0) is 40.8. The maximum Gasteiger partial charge on any atom is 0.0702 e. The van der Waals surface area contributed by atoms with E-state index in [9.17, 15) is 0 Å². The molecule has 0 radical (unpaired) electrons. The van der Waals surface area contributed by atoms with Crippen LogP contribution in [0.2, 0.25) is 0 Å². The van der Waals surface area contributed by atoms with Gasteiger partial charge >= 0.3 is 0 Å². The van der Waals surface area contributed by atoms with Crippen molar-refractivity contribution in [3.8, 4) is 67.0 Å². The van der Waals surface area contributed by atoms with Crippen molar-refractivity contribution in [1.29, 1.82) is 0 Å². The van der Waals surface area contributed by atoms with Crippen LogP contribution >= 0.6 is 0 Å². The molecule has 0 fully saturated rings. The number of aryl methyl sites for hydroxylation is 3. The Morgan fingerprint density at radius 2 is 0.898 bits per heavy atom. The Kier molecular flexibility index (Phi) is 11.8. The minimum Gasteiger partial charge on any atom is -0.256 e. The normalized spacial score (nSPS) is 11.5. The highest BCUT2D eigenvalue weighted by molar-refractivity contribution is 5.82. The molecular weight excluding hydrogens is 713 g/mol. The van der Waals surface area contributed by atoms with E-state index in [1.54, 1.807) is 0 Å². The van der Waals surface area contributed by atoms with Crippen LogP contribution in [0.15, 0.2) is 176 Å². The lowest BCUT2D eigenvalue weighted by atomic mass is 9.66. The number of hydrogen-bond acceptors (Lipinski definition) is 2. The summed E-state index contributed by atoms with van der Waals surface area (Å²) in [4.78, 5) is 10.2. The molecule has 0 aliphatic heterocycles. The zero-order valence-corrected chi connectivity index (χ0v) is 35.2. The van der Waals surface area contributed by atoms with E-state index in [2.05, 4.69) is 211 Å². The first-order valence-corrected chi connectivity index (χ1v) is 21.4. The summed E-state index contributed by atoms with van der Waals surface area (Å²) in [7, 11) is 0. The van der Waals surface area contributed by atoms with Gasteiger partial charge in [-0.05, 0) is 102 Å². The third-order valence-corrected chi connectivity index (χ3v) is 12.2. The van der Waals surface area contributed by atoms with Gasteiger partial charge in [-0.25, -0.2) is 0 Å². The molecule has 0 N–H and O–H groups in total. The van der Waals surface area contributed by atoms with Gasteiger partial charge in [0.1, 0.15) is 0 Å². The molecule has 8 aromatic rings. The largest absolute Gasteiger partial charge is 0.256 e. The van der Waals surface area contributed by atoms with Gasteiger partial charge in [-0.3, -0.25) is 9.97 Å². The van der Waals surface area contributed by atoms with Gasteiger partial charge in [0, 0.05) is 40.1 Å². The first-order valence-electron chi connectivity index (χ1n) is 21.4. The van der Waals surface area contributed by atoms with Gasteiger partial charge in [0.25, 0.3) is 0 Å². The van der Waals surface area contributed by atoms with Gasteiger partial charge < -0.3 is 0 Å². The number of aromatic nitrogens is 2. The van der Waals surface area contributed by atoms with Crippen LogP contribution in [-0.4, -0.2) is 9.97 Å². The fraction of sp³-hybridized carbons (Fsp3) is 0.193. The fourth-order valence-electron chi connectivity index (χ4n) is 8.99. The molecule has 0 aliphatic carbocycles. The molecule has 59 heavy (non-hydrogen) atoms. The van der Waals surface area contributed by atoms with Gasteiger partial charge in [-0.2, -0.15) is 0 Å². The van der Waals surface area contributed by atoms with Gasteiger partial charge in [0.2, 0.25) is 0 Å². The Bertz CT molecular complexity index is 2610. The Morgan fingerprint density at radius 1 is 0.424 bits per heavy atom. The third kappa shape index (κ3) is 8.32. The SMILES string of the molecule is CCCCc1cccc(-c2ccc(-c3ccc(-c4cccc(-c5ccc(-c6ccc(-c7ccccc7)cc6)nc5)c4C(CC)(CC)c4cc(C)cc(C)c4)cn3)cc2)c1. The minimum atomic E-state index is -0.239. The van der Waals surface area contributed by atoms with Crippen molar-refractivity contribution >= 4 is 0 Å². The van der Waals surface area contributed by atoms with E-state index < -0.39 is 0 Å². The maximum atomic E-state index is 5.11. The van der Waals surface area contributed by atoms with Crippen LogP contribution < -0.4 is 0 Å². The zero-order valence-electron chi connectivity index (χ0n) is 35.2. The lowest BCUT2D eigenvalue weighted by Gasteiger charge is -2.37.